The molecule has 0 saturated carbocycles. The second-order valence-electron chi connectivity index (χ2n) is 12.9. The van der Waals surface area contributed by atoms with Crippen molar-refractivity contribution in [3.05, 3.63) is 187 Å². The minimum absolute atomic E-state index is 0.407. The Morgan fingerprint density at radius 1 is 0.714 bits per heavy atom. The van der Waals surface area contributed by atoms with E-state index in [2.05, 4.69) is 173 Å². The summed E-state index contributed by atoms with van der Waals surface area (Å²) in [6, 6.07) is 33.0. The van der Waals surface area contributed by atoms with Gasteiger partial charge in [0.2, 0.25) is 0 Å². The van der Waals surface area contributed by atoms with Gasteiger partial charge in [0.05, 0.1) is 0 Å². The van der Waals surface area contributed by atoms with Crippen LogP contribution >= 0.6 is 0 Å². The standard InChI is InChI=1S/C40H33N.C5H6.C3H6/c1-4-27(32-20-21-37-34-17-10-9-16-33(34)36-19-11-18-35(32)39(36)37)24-40(3,25-41)38-23-22-29-26(2)30(38)14-7-5-12-28-13-6-8-15-31(28)29;1-2-4-5-3-1;1-3-2/h4-24H,1,25,41H2,2-3H3;1-4H,5H2;3H,1H2,2H3/b12-5?,14-7-,27-24+;;. The highest BCUT2D eigenvalue weighted by atomic mass is 14.6. The highest BCUT2D eigenvalue weighted by molar-refractivity contribution is 6.17. The van der Waals surface area contributed by atoms with E-state index in [0.717, 1.165) is 12.0 Å². The van der Waals surface area contributed by atoms with Gasteiger partial charge in [0, 0.05) is 12.0 Å². The number of benzene rings is 5. The second-order valence-corrected chi connectivity index (χ2v) is 12.9. The van der Waals surface area contributed by atoms with Crippen LogP contribution in [0.4, 0.5) is 0 Å². The van der Waals surface area contributed by atoms with Crippen LogP contribution in [0.1, 0.15) is 48.1 Å². The summed E-state index contributed by atoms with van der Waals surface area (Å²) in [5.41, 5.74) is 21.2. The smallest absolute Gasteiger partial charge is 0.0241 e. The quantitative estimate of drug-likeness (QED) is 0.148. The summed E-state index contributed by atoms with van der Waals surface area (Å²) in [7, 11) is 0. The van der Waals surface area contributed by atoms with Crippen molar-refractivity contribution >= 4 is 28.5 Å². The SMILES string of the molecule is C1=CCC=C1.C=C/C(=C\C(C)(CN)c1ccc2c(C)c1/C=C\C=Cc1ccccc1-2)c1ccc2c3c(cccc13)-c1ccccc1-2.C=CC. The van der Waals surface area contributed by atoms with Crippen LogP contribution in [0.5, 0.6) is 0 Å². The minimum atomic E-state index is -0.407. The first-order chi connectivity index (χ1) is 24.0. The van der Waals surface area contributed by atoms with E-state index in [1.165, 1.54) is 72.0 Å². The molecule has 0 spiro atoms. The van der Waals surface area contributed by atoms with Crippen LogP contribution in [-0.2, 0) is 5.41 Å². The fourth-order valence-corrected chi connectivity index (χ4v) is 7.22. The van der Waals surface area contributed by atoms with E-state index in [1.54, 1.807) is 6.08 Å². The molecule has 242 valence electrons. The molecule has 49 heavy (non-hydrogen) atoms. The lowest BCUT2D eigenvalue weighted by molar-refractivity contribution is 0.608. The van der Waals surface area contributed by atoms with Gasteiger partial charge in [-0.15, -0.1) is 6.58 Å². The zero-order valence-corrected chi connectivity index (χ0v) is 28.9. The van der Waals surface area contributed by atoms with Crippen LogP contribution in [0, 0.1) is 6.92 Å². The Morgan fingerprint density at radius 3 is 1.98 bits per heavy atom. The van der Waals surface area contributed by atoms with Crippen LogP contribution in [-0.4, -0.2) is 6.54 Å². The third-order valence-corrected chi connectivity index (χ3v) is 9.66. The molecule has 0 aliphatic heterocycles. The molecule has 0 aromatic heterocycles. The average molecular weight is 636 g/mol. The molecule has 5 aromatic rings. The van der Waals surface area contributed by atoms with Gasteiger partial charge in [0.15, 0.2) is 0 Å². The summed E-state index contributed by atoms with van der Waals surface area (Å²) >= 11 is 0. The maximum absolute atomic E-state index is 6.64. The highest BCUT2D eigenvalue weighted by Crippen LogP contribution is 2.49. The van der Waals surface area contributed by atoms with Crippen molar-refractivity contribution < 1.29 is 0 Å². The third kappa shape index (κ3) is 6.38. The molecule has 5 aromatic carbocycles. The van der Waals surface area contributed by atoms with Gasteiger partial charge in [-0.2, -0.15) is 0 Å². The fraction of sp³-hybridized carbons (Fsp3) is 0.125. The van der Waals surface area contributed by atoms with Crippen molar-refractivity contribution in [2.24, 2.45) is 5.73 Å². The van der Waals surface area contributed by atoms with Crippen molar-refractivity contribution in [3.63, 3.8) is 0 Å². The van der Waals surface area contributed by atoms with Crippen molar-refractivity contribution in [1.82, 2.24) is 0 Å². The Kier molecular flexibility index (Phi) is 10.0. The predicted molar refractivity (Wildman–Crippen MR) is 216 cm³/mol. The fourth-order valence-electron chi connectivity index (χ4n) is 7.22. The van der Waals surface area contributed by atoms with E-state index in [1.807, 2.05) is 13.0 Å². The van der Waals surface area contributed by atoms with Crippen LogP contribution < -0.4 is 5.73 Å². The normalized spacial score (nSPS) is 14.9. The Labute approximate surface area is 292 Å². The third-order valence-electron chi connectivity index (χ3n) is 9.66. The Bertz CT molecular complexity index is 2160. The van der Waals surface area contributed by atoms with Crippen LogP contribution in [0.3, 0.4) is 0 Å². The van der Waals surface area contributed by atoms with Gasteiger partial charge in [0.25, 0.3) is 0 Å². The summed E-state index contributed by atoms with van der Waals surface area (Å²) in [6.45, 7) is 14.5. The van der Waals surface area contributed by atoms with E-state index in [-0.39, 0.29) is 0 Å². The Balaban J connectivity index is 0.000000465. The Hall–Kier alpha value is -5.50. The summed E-state index contributed by atoms with van der Waals surface area (Å²) in [5, 5.41) is 2.57. The molecule has 1 heteroatoms. The van der Waals surface area contributed by atoms with Crippen molar-refractivity contribution in [3.8, 4) is 33.4 Å². The first-order valence-electron chi connectivity index (χ1n) is 17.1. The molecule has 3 aliphatic rings. The summed E-state index contributed by atoms with van der Waals surface area (Å²) in [5.74, 6) is 0. The van der Waals surface area contributed by atoms with E-state index in [9.17, 15) is 0 Å². The second kappa shape index (κ2) is 14.7. The molecule has 1 unspecified atom stereocenters. The number of hydrogen-bond acceptors (Lipinski definition) is 1. The first kappa shape index (κ1) is 33.4. The molecule has 8 rings (SSSR count). The largest absolute Gasteiger partial charge is 0.329 e. The summed E-state index contributed by atoms with van der Waals surface area (Å²) in [4.78, 5) is 0. The van der Waals surface area contributed by atoms with Crippen LogP contribution in [0.15, 0.2) is 159 Å². The zero-order chi connectivity index (χ0) is 34.4. The van der Waals surface area contributed by atoms with Gasteiger partial charge < -0.3 is 5.73 Å². The van der Waals surface area contributed by atoms with Crippen molar-refractivity contribution in [2.75, 3.05) is 6.54 Å². The van der Waals surface area contributed by atoms with E-state index >= 15 is 0 Å². The van der Waals surface area contributed by atoms with Gasteiger partial charge in [-0.05, 0) is 97.8 Å². The highest BCUT2D eigenvalue weighted by Gasteiger charge is 2.29. The molecule has 0 fully saturated rings. The molecule has 0 saturated heterocycles. The predicted octanol–water partition coefficient (Wildman–Crippen LogP) is 12.7. The number of fused-ring (bicyclic) bond motifs is 7. The number of allylic oxidation sites excluding steroid dienone is 9. The molecule has 0 amide bonds. The number of hydrogen-bond donors (Lipinski definition) is 1. The van der Waals surface area contributed by atoms with E-state index in [0.29, 0.717) is 6.54 Å². The van der Waals surface area contributed by atoms with Gasteiger partial charge in [-0.3, -0.25) is 0 Å². The first-order valence-corrected chi connectivity index (χ1v) is 17.1. The number of nitrogens with two attached hydrogens (primary N) is 1. The van der Waals surface area contributed by atoms with Crippen LogP contribution in [0.25, 0.3) is 61.9 Å². The van der Waals surface area contributed by atoms with Gasteiger partial charge in [0.1, 0.15) is 0 Å². The molecular weight excluding hydrogens is 591 g/mol. The lowest BCUT2D eigenvalue weighted by Crippen LogP contribution is -2.31. The zero-order valence-electron chi connectivity index (χ0n) is 28.9. The monoisotopic (exact) mass is 635 g/mol. The summed E-state index contributed by atoms with van der Waals surface area (Å²) < 4.78 is 0. The van der Waals surface area contributed by atoms with E-state index < -0.39 is 5.41 Å². The van der Waals surface area contributed by atoms with Gasteiger partial charge >= 0.3 is 0 Å². The molecule has 3 aliphatic carbocycles. The lowest BCUT2D eigenvalue weighted by Gasteiger charge is -2.30. The Morgan fingerprint density at radius 2 is 1.33 bits per heavy atom. The molecule has 1 nitrogen and oxygen atoms in total. The van der Waals surface area contributed by atoms with Crippen LogP contribution in [0.2, 0.25) is 0 Å². The van der Waals surface area contributed by atoms with E-state index in [4.69, 9.17) is 5.73 Å². The summed E-state index contributed by atoms with van der Waals surface area (Å²) in [6.07, 6.45) is 24.3. The molecule has 0 radical (unpaired) electrons. The molecule has 0 heterocycles. The molecule has 2 bridgehead atoms. The van der Waals surface area contributed by atoms with Crippen molar-refractivity contribution in [1.29, 1.82) is 0 Å². The molecule has 2 N–H and O–H groups in total. The maximum atomic E-state index is 6.64. The van der Waals surface area contributed by atoms with Gasteiger partial charge in [-0.25, -0.2) is 0 Å². The topological polar surface area (TPSA) is 26.0 Å². The van der Waals surface area contributed by atoms with Gasteiger partial charge in [-0.1, -0.05) is 171 Å². The molecule has 1 atom stereocenters. The average Bonchev–Trinajstić information content (AvgIpc) is 3.83. The number of rotatable bonds is 5. The molecular formula is C48H45N. The lowest BCUT2D eigenvalue weighted by atomic mass is 9.75. The van der Waals surface area contributed by atoms with Crippen molar-refractivity contribution in [2.45, 2.75) is 32.6 Å². The maximum Gasteiger partial charge on any atom is 0.0241 e. The minimum Gasteiger partial charge on any atom is -0.329 e.